The maximum absolute atomic E-state index is 11.9. The molecule has 110 valence electrons. The zero-order valence-electron chi connectivity index (χ0n) is 12.3. The van der Waals surface area contributed by atoms with Gasteiger partial charge in [-0.15, -0.1) is 0 Å². The van der Waals surface area contributed by atoms with E-state index in [1.165, 1.54) is 12.8 Å². The van der Waals surface area contributed by atoms with E-state index in [0.717, 1.165) is 32.0 Å². The van der Waals surface area contributed by atoms with Crippen molar-refractivity contribution in [2.45, 2.75) is 70.1 Å². The second-order valence-electron chi connectivity index (χ2n) is 6.83. The summed E-state index contributed by atoms with van der Waals surface area (Å²) >= 11 is 0. The first-order valence-corrected chi connectivity index (χ1v) is 7.17. The molecule has 5 nitrogen and oxygen atoms in total. The van der Waals surface area contributed by atoms with Crippen LogP contribution in [0.2, 0.25) is 0 Å². The molecule has 1 heterocycles. The lowest BCUT2D eigenvalue weighted by molar-refractivity contribution is -0.167. The molecule has 1 saturated heterocycles. The summed E-state index contributed by atoms with van der Waals surface area (Å²) in [4.78, 5) is 19.6. The largest absolute Gasteiger partial charge is 0.460 e. The van der Waals surface area contributed by atoms with Crippen molar-refractivity contribution in [3.8, 4) is 0 Å². The van der Waals surface area contributed by atoms with E-state index in [9.17, 15) is 4.79 Å². The lowest BCUT2D eigenvalue weighted by atomic mass is 9.88. The maximum Gasteiger partial charge on any atom is 0.309 e. The third kappa shape index (κ3) is 4.16. The number of esters is 1. The summed E-state index contributed by atoms with van der Waals surface area (Å²) in [7, 11) is 0. The van der Waals surface area contributed by atoms with Crippen molar-refractivity contribution in [3.63, 3.8) is 0 Å². The van der Waals surface area contributed by atoms with E-state index in [4.69, 9.17) is 15.5 Å². The number of piperidine rings is 1. The molecular weight excluding hydrogens is 244 g/mol. The number of hydrogen-bond donors (Lipinski definition) is 1. The number of hydrogen-bond acceptors (Lipinski definition) is 5. The Bertz CT molecular complexity index is 326. The van der Waals surface area contributed by atoms with Crippen LogP contribution >= 0.6 is 0 Å². The smallest absolute Gasteiger partial charge is 0.309 e. The van der Waals surface area contributed by atoms with Crippen LogP contribution in [0.25, 0.3) is 0 Å². The molecule has 0 atom stereocenters. The van der Waals surface area contributed by atoms with Crippen LogP contribution in [0.5, 0.6) is 0 Å². The van der Waals surface area contributed by atoms with Gasteiger partial charge in [-0.25, -0.2) is 5.90 Å². The molecule has 2 rings (SSSR count). The van der Waals surface area contributed by atoms with Crippen LogP contribution in [-0.4, -0.2) is 41.2 Å². The van der Waals surface area contributed by atoms with Gasteiger partial charge < -0.3 is 9.64 Å². The summed E-state index contributed by atoms with van der Waals surface area (Å²) in [6.45, 7) is 7.54. The first kappa shape index (κ1) is 14.8. The summed E-state index contributed by atoms with van der Waals surface area (Å²) in [5.41, 5.74) is -0.991. The van der Waals surface area contributed by atoms with E-state index in [0.29, 0.717) is 0 Å². The highest BCUT2D eigenvalue weighted by atomic mass is 16.6. The Labute approximate surface area is 115 Å². The second-order valence-corrected chi connectivity index (χ2v) is 6.83. The molecule has 0 amide bonds. The van der Waals surface area contributed by atoms with Gasteiger partial charge in [0.25, 0.3) is 0 Å². The summed E-state index contributed by atoms with van der Waals surface area (Å²) < 4.78 is 5.37. The maximum atomic E-state index is 11.9. The molecule has 0 radical (unpaired) electrons. The SMILES string of the molecule is CC(C)(C)OC(=O)CC1(ON)CCN(C2CC2)CC1. The molecule has 19 heavy (non-hydrogen) atoms. The Balaban J connectivity index is 1.86. The third-order valence-corrected chi connectivity index (χ3v) is 3.91. The summed E-state index contributed by atoms with van der Waals surface area (Å²) in [5.74, 6) is 5.24. The van der Waals surface area contributed by atoms with E-state index in [1.54, 1.807) is 0 Å². The quantitative estimate of drug-likeness (QED) is 0.621. The predicted octanol–water partition coefficient (Wildman–Crippen LogP) is 1.61. The highest BCUT2D eigenvalue weighted by molar-refractivity contribution is 5.71. The molecular formula is C14H26N2O3. The molecule has 2 N–H and O–H groups in total. The lowest BCUT2D eigenvalue weighted by Gasteiger charge is -2.40. The first-order chi connectivity index (χ1) is 8.84. The standard InChI is InChI=1S/C14H26N2O3/c1-13(2,3)18-12(17)10-14(19-15)6-8-16(9-7-14)11-4-5-11/h11H,4-10,15H2,1-3H3. The van der Waals surface area contributed by atoms with Crippen LogP contribution in [0.4, 0.5) is 0 Å². The fourth-order valence-electron chi connectivity index (χ4n) is 2.71. The number of carbonyl (C=O) groups excluding carboxylic acids is 1. The van der Waals surface area contributed by atoms with Crippen molar-refractivity contribution >= 4 is 5.97 Å². The summed E-state index contributed by atoms with van der Waals surface area (Å²) in [5, 5.41) is 0. The Hall–Kier alpha value is -0.650. The molecule has 0 aromatic heterocycles. The van der Waals surface area contributed by atoms with Crippen LogP contribution in [0.15, 0.2) is 0 Å². The van der Waals surface area contributed by atoms with E-state index < -0.39 is 11.2 Å². The number of ether oxygens (including phenoxy) is 1. The zero-order chi connectivity index (χ0) is 14.1. The van der Waals surface area contributed by atoms with Crippen molar-refractivity contribution in [1.29, 1.82) is 0 Å². The molecule has 0 unspecified atom stereocenters. The molecule has 0 aromatic carbocycles. The van der Waals surface area contributed by atoms with Gasteiger partial charge in [-0.3, -0.25) is 9.63 Å². The fourth-order valence-corrected chi connectivity index (χ4v) is 2.71. The van der Waals surface area contributed by atoms with Gasteiger partial charge in [0, 0.05) is 19.1 Å². The van der Waals surface area contributed by atoms with Crippen LogP contribution in [0.3, 0.4) is 0 Å². The topological polar surface area (TPSA) is 64.8 Å². The van der Waals surface area contributed by atoms with Gasteiger partial charge in [-0.1, -0.05) is 0 Å². The Kier molecular flexibility index (Phi) is 4.18. The Morgan fingerprint density at radius 3 is 2.32 bits per heavy atom. The highest BCUT2D eigenvalue weighted by Gasteiger charge is 2.42. The van der Waals surface area contributed by atoms with Crippen LogP contribution < -0.4 is 5.90 Å². The lowest BCUT2D eigenvalue weighted by Crippen LogP contribution is -2.49. The Morgan fingerprint density at radius 1 is 1.32 bits per heavy atom. The summed E-state index contributed by atoms with van der Waals surface area (Å²) in [6.07, 6.45) is 4.48. The van der Waals surface area contributed by atoms with E-state index in [-0.39, 0.29) is 12.4 Å². The number of nitrogens with two attached hydrogens (primary N) is 1. The summed E-state index contributed by atoms with van der Waals surface area (Å²) in [6, 6.07) is 0.761. The van der Waals surface area contributed by atoms with Gasteiger partial charge >= 0.3 is 5.97 Å². The predicted molar refractivity (Wildman–Crippen MR) is 72.3 cm³/mol. The third-order valence-electron chi connectivity index (χ3n) is 3.91. The number of carbonyl (C=O) groups is 1. The molecule has 0 spiro atoms. The normalized spacial score (nSPS) is 24.2. The van der Waals surface area contributed by atoms with Gasteiger partial charge in [-0.2, -0.15) is 0 Å². The minimum Gasteiger partial charge on any atom is -0.460 e. The molecule has 1 aliphatic carbocycles. The fraction of sp³-hybridized carbons (Fsp3) is 0.929. The van der Waals surface area contributed by atoms with Crippen molar-refractivity contribution in [3.05, 3.63) is 0 Å². The van der Waals surface area contributed by atoms with Gasteiger partial charge in [0.1, 0.15) is 11.2 Å². The van der Waals surface area contributed by atoms with Crippen LogP contribution in [-0.2, 0) is 14.4 Å². The molecule has 2 aliphatic rings. The number of likely N-dealkylation sites (tertiary alicyclic amines) is 1. The van der Waals surface area contributed by atoms with Crippen molar-refractivity contribution < 1.29 is 14.4 Å². The highest BCUT2D eigenvalue weighted by Crippen LogP contribution is 2.35. The van der Waals surface area contributed by atoms with E-state index >= 15 is 0 Å². The average molecular weight is 270 g/mol. The molecule has 1 aliphatic heterocycles. The minimum absolute atomic E-state index is 0.224. The number of nitrogens with zero attached hydrogens (tertiary/aromatic N) is 1. The second kappa shape index (κ2) is 5.38. The van der Waals surface area contributed by atoms with Crippen LogP contribution in [0, 0.1) is 0 Å². The van der Waals surface area contributed by atoms with Crippen molar-refractivity contribution in [2.24, 2.45) is 5.90 Å². The van der Waals surface area contributed by atoms with E-state index in [1.807, 2.05) is 20.8 Å². The van der Waals surface area contributed by atoms with Gasteiger partial charge in [0.05, 0.1) is 6.42 Å². The molecule has 0 bridgehead atoms. The van der Waals surface area contributed by atoms with Gasteiger partial charge in [0.15, 0.2) is 0 Å². The van der Waals surface area contributed by atoms with Crippen molar-refractivity contribution in [1.82, 2.24) is 4.90 Å². The zero-order valence-corrected chi connectivity index (χ0v) is 12.3. The Morgan fingerprint density at radius 2 is 1.89 bits per heavy atom. The van der Waals surface area contributed by atoms with Gasteiger partial charge in [0.2, 0.25) is 0 Å². The van der Waals surface area contributed by atoms with Crippen LogP contribution in [0.1, 0.15) is 52.9 Å². The first-order valence-electron chi connectivity index (χ1n) is 7.17. The van der Waals surface area contributed by atoms with Gasteiger partial charge in [-0.05, 0) is 46.5 Å². The minimum atomic E-state index is -0.534. The monoisotopic (exact) mass is 270 g/mol. The molecule has 2 fully saturated rings. The van der Waals surface area contributed by atoms with E-state index in [2.05, 4.69) is 4.90 Å². The molecule has 0 aromatic rings. The molecule has 1 saturated carbocycles. The molecule has 5 heteroatoms. The van der Waals surface area contributed by atoms with Crippen molar-refractivity contribution in [2.75, 3.05) is 13.1 Å². The average Bonchev–Trinajstić information content (AvgIpc) is 3.11. The number of rotatable bonds is 4.